The number of sulfone groups is 1. The molecule has 1 aromatic carbocycles. The first kappa shape index (κ1) is 21.3. The van der Waals surface area contributed by atoms with E-state index in [1.165, 1.54) is 6.26 Å². The zero-order valence-corrected chi connectivity index (χ0v) is 17.3. The molecule has 26 heavy (non-hydrogen) atoms. The number of aliphatic imine (C=N–C) groups is 1. The third-order valence-electron chi connectivity index (χ3n) is 4.17. The van der Waals surface area contributed by atoms with Gasteiger partial charge in [0, 0.05) is 41.4 Å². The minimum atomic E-state index is -3.02. The Balaban J connectivity index is 1.97. The molecule has 3 N–H and O–H groups in total. The molecule has 9 heteroatoms. The molecular weight excluding hydrogens is 397 g/mol. The van der Waals surface area contributed by atoms with E-state index in [0.717, 1.165) is 12.8 Å². The van der Waals surface area contributed by atoms with Gasteiger partial charge in [-0.05, 0) is 43.5 Å². The summed E-state index contributed by atoms with van der Waals surface area (Å²) in [7, 11) is -3.02. The highest BCUT2D eigenvalue weighted by atomic mass is 35.5. The average Bonchev–Trinajstić information content (AvgIpc) is 3.26. The predicted molar refractivity (Wildman–Crippen MR) is 107 cm³/mol. The lowest BCUT2D eigenvalue weighted by molar-refractivity contribution is 0.181. The smallest absolute Gasteiger partial charge is 0.191 e. The number of benzene rings is 1. The lowest BCUT2D eigenvalue weighted by Gasteiger charge is -2.17. The standard InChI is InChI=1S/C17H25Cl2N3O3S/c1-3-20-16(22-10-17(4-5-17)11-26(2,24)25)21-9-15(23)12-6-13(18)8-14(19)7-12/h6-8,15,23H,3-5,9-11H2,1-2H3,(H2,20,21,22). The SMILES string of the molecule is CCNC(=NCC1(CS(C)(=O)=O)CC1)NCC(O)c1cc(Cl)cc(Cl)c1. The van der Waals surface area contributed by atoms with Crippen molar-refractivity contribution >= 4 is 39.0 Å². The van der Waals surface area contributed by atoms with Gasteiger partial charge in [0.25, 0.3) is 0 Å². The van der Waals surface area contributed by atoms with Crippen LogP contribution >= 0.6 is 23.2 Å². The highest BCUT2D eigenvalue weighted by molar-refractivity contribution is 7.90. The molecule has 0 heterocycles. The van der Waals surface area contributed by atoms with E-state index in [-0.39, 0.29) is 17.7 Å². The van der Waals surface area contributed by atoms with Crippen LogP contribution in [0, 0.1) is 5.41 Å². The van der Waals surface area contributed by atoms with Gasteiger partial charge in [-0.25, -0.2) is 8.42 Å². The van der Waals surface area contributed by atoms with Gasteiger partial charge >= 0.3 is 0 Å². The Morgan fingerprint density at radius 2 is 1.88 bits per heavy atom. The van der Waals surface area contributed by atoms with E-state index in [1.807, 2.05) is 6.92 Å². The van der Waals surface area contributed by atoms with E-state index in [9.17, 15) is 13.5 Å². The van der Waals surface area contributed by atoms with Gasteiger partial charge in [0.05, 0.1) is 11.9 Å². The molecule has 6 nitrogen and oxygen atoms in total. The maximum absolute atomic E-state index is 11.5. The van der Waals surface area contributed by atoms with Gasteiger partial charge in [-0.3, -0.25) is 4.99 Å². The quantitative estimate of drug-likeness (QED) is 0.442. The Hall–Kier alpha value is -1.02. The number of hydrogen-bond acceptors (Lipinski definition) is 4. The van der Waals surface area contributed by atoms with Gasteiger partial charge in [0.1, 0.15) is 9.84 Å². The lowest BCUT2D eigenvalue weighted by atomic mass is 10.1. The maximum atomic E-state index is 11.5. The van der Waals surface area contributed by atoms with Crippen LogP contribution in [0.5, 0.6) is 0 Å². The third kappa shape index (κ3) is 6.95. The van der Waals surface area contributed by atoms with Crippen LogP contribution in [0.1, 0.15) is 31.4 Å². The monoisotopic (exact) mass is 421 g/mol. The summed E-state index contributed by atoms with van der Waals surface area (Å²) in [6, 6.07) is 4.93. The van der Waals surface area contributed by atoms with E-state index in [2.05, 4.69) is 15.6 Å². The summed E-state index contributed by atoms with van der Waals surface area (Å²) in [5.41, 5.74) is 0.372. The second-order valence-electron chi connectivity index (χ2n) is 6.86. The Labute approximate surface area is 164 Å². The Bertz CT molecular complexity index is 744. The van der Waals surface area contributed by atoms with E-state index < -0.39 is 15.9 Å². The number of rotatable bonds is 8. The van der Waals surface area contributed by atoms with Crippen molar-refractivity contribution in [2.24, 2.45) is 10.4 Å². The summed E-state index contributed by atoms with van der Waals surface area (Å²) in [4.78, 5) is 4.50. The second-order valence-corrected chi connectivity index (χ2v) is 9.88. The minimum absolute atomic E-state index is 0.159. The van der Waals surface area contributed by atoms with E-state index in [0.29, 0.717) is 34.7 Å². The molecule has 1 aromatic rings. The zero-order valence-electron chi connectivity index (χ0n) is 14.9. The molecule has 146 valence electrons. The van der Waals surface area contributed by atoms with Crippen LogP contribution in [-0.2, 0) is 9.84 Å². The van der Waals surface area contributed by atoms with Crippen LogP contribution in [0.15, 0.2) is 23.2 Å². The van der Waals surface area contributed by atoms with Crippen molar-refractivity contribution in [1.29, 1.82) is 0 Å². The highest BCUT2D eigenvalue weighted by Crippen LogP contribution is 2.46. The van der Waals surface area contributed by atoms with Gasteiger partial charge in [0.15, 0.2) is 5.96 Å². The number of aliphatic hydroxyl groups excluding tert-OH is 1. The number of nitrogens with zero attached hydrogens (tertiary/aromatic N) is 1. The van der Waals surface area contributed by atoms with E-state index in [1.54, 1.807) is 18.2 Å². The summed E-state index contributed by atoms with van der Waals surface area (Å²) in [5.74, 6) is 0.700. The van der Waals surface area contributed by atoms with Crippen LogP contribution in [-0.4, -0.2) is 51.1 Å². The van der Waals surface area contributed by atoms with Crippen molar-refractivity contribution in [2.45, 2.75) is 25.9 Å². The van der Waals surface area contributed by atoms with E-state index in [4.69, 9.17) is 23.2 Å². The first-order chi connectivity index (χ1) is 12.1. The van der Waals surface area contributed by atoms with Crippen LogP contribution in [0.3, 0.4) is 0 Å². The topological polar surface area (TPSA) is 90.8 Å². The molecule has 1 fully saturated rings. The van der Waals surface area contributed by atoms with E-state index >= 15 is 0 Å². The normalized spacial score (nSPS) is 17.7. The molecule has 1 aliphatic rings. The molecule has 1 aliphatic carbocycles. The summed E-state index contributed by atoms with van der Waals surface area (Å²) >= 11 is 11.9. The summed E-state index contributed by atoms with van der Waals surface area (Å²) in [6.45, 7) is 3.26. The van der Waals surface area contributed by atoms with Gasteiger partial charge in [-0.15, -0.1) is 0 Å². The van der Waals surface area contributed by atoms with Crippen LogP contribution in [0.25, 0.3) is 0 Å². The highest BCUT2D eigenvalue weighted by Gasteiger charge is 2.45. The van der Waals surface area contributed by atoms with Crippen LogP contribution in [0.2, 0.25) is 10.0 Å². The molecule has 1 unspecified atom stereocenters. The number of nitrogens with one attached hydrogen (secondary N) is 2. The minimum Gasteiger partial charge on any atom is -0.387 e. The Morgan fingerprint density at radius 1 is 1.27 bits per heavy atom. The molecule has 0 saturated heterocycles. The van der Waals surface area contributed by atoms with Gasteiger partial charge < -0.3 is 15.7 Å². The van der Waals surface area contributed by atoms with Crippen molar-refractivity contribution in [3.8, 4) is 0 Å². The van der Waals surface area contributed by atoms with Gasteiger partial charge in [-0.2, -0.15) is 0 Å². The average molecular weight is 422 g/mol. The summed E-state index contributed by atoms with van der Waals surface area (Å²) in [6.07, 6.45) is 2.19. The molecule has 1 atom stereocenters. The molecule has 0 radical (unpaired) electrons. The predicted octanol–water partition coefficient (Wildman–Crippen LogP) is 2.41. The Kier molecular flexibility index (Phi) is 7.19. The van der Waals surface area contributed by atoms with Crippen LogP contribution in [0.4, 0.5) is 0 Å². The van der Waals surface area contributed by atoms with Gasteiger partial charge in [0.2, 0.25) is 0 Å². The summed E-state index contributed by atoms with van der Waals surface area (Å²) in [5, 5.41) is 17.4. The first-order valence-corrected chi connectivity index (χ1v) is 11.3. The van der Waals surface area contributed by atoms with Crippen molar-refractivity contribution < 1.29 is 13.5 Å². The Morgan fingerprint density at radius 3 is 2.38 bits per heavy atom. The molecular formula is C17H25Cl2N3O3S. The molecule has 2 rings (SSSR count). The van der Waals surface area contributed by atoms with Crippen molar-refractivity contribution in [3.05, 3.63) is 33.8 Å². The molecule has 0 aliphatic heterocycles. The third-order valence-corrected chi connectivity index (χ3v) is 5.75. The van der Waals surface area contributed by atoms with Gasteiger partial charge in [-0.1, -0.05) is 23.2 Å². The van der Waals surface area contributed by atoms with Crippen molar-refractivity contribution in [1.82, 2.24) is 10.6 Å². The first-order valence-electron chi connectivity index (χ1n) is 8.46. The fraction of sp³-hybridized carbons (Fsp3) is 0.588. The van der Waals surface area contributed by atoms with Crippen molar-refractivity contribution in [3.63, 3.8) is 0 Å². The fourth-order valence-corrected chi connectivity index (χ4v) is 4.78. The number of hydrogen-bond donors (Lipinski definition) is 3. The number of halogens is 2. The zero-order chi connectivity index (χ0) is 19.4. The van der Waals surface area contributed by atoms with Crippen LogP contribution < -0.4 is 10.6 Å². The summed E-state index contributed by atoms with van der Waals surface area (Å²) < 4.78 is 23.1. The molecule has 0 amide bonds. The molecule has 1 saturated carbocycles. The fourth-order valence-electron chi connectivity index (χ4n) is 2.75. The second kappa shape index (κ2) is 8.78. The lowest BCUT2D eigenvalue weighted by Crippen LogP contribution is -2.40. The number of guanidine groups is 1. The largest absolute Gasteiger partial charge is 0.387 e. The molecule has 0 aromatic heterocycles. The maximum Gasteiger partial charge on any atom is 0.191 e. The van der Waals surface area contributed by atoms with Crippen molar-refractivity contribution in [2.75, 3.05) is 31.6 Å². The number of aliphatic hydroxyl groups is 1. The molecule has 0 bridgehead atoms. The molecule has 0 spiro atoms.